The number of nitrogens with two attached hydrogens (primary N) is 1. The van der Waals surface area contributed by atoms with Crippen molar-refractivity contribution in [1.29, 1.82) is 0 Å². The predicted octanol–water partition coefficient (Wildman–Crippen LogP) is 3.75. The molecule has 0 saturated heterocycles. The zero-order valence-corrected chi connectivity index (χ0v) is 19.1. The van der Waals surface area contributed by atoms with Crippen LogP contribution in [0.1, 0.15) is 43.1 Å². The third kappa shape index (κ3) is 5.14. The first kappa shape index (κ1) is 23.4. The van der Waals surface area contributed by atoms with E-state index in [-0.39, 0.29) is 29.1 Å². The zero-order valence-electron chi connectivity index (χ0n) is 17.5. The van der Waals surface area contributed by atoms with Crippen LogP contribution in [0.4, 0.5) is 10.1 Å². The molecule has 1 heterocycles. The summed E-state index contributed by atoms with van der Waals surface area (Å²) in [5, 5.41) is 0.503. The predicted molar refractivity (Wildman–Crippen MR) is 117 cm³/mol. The molecule has 0 radical (unpaired) electrons. The third-order valence-electron chi connectivity index (χ3n) is 4.90. The standard InChI is InChI=1S/C22H24ClFN2O4S/c1-22(2,3)10-19(27)15-8-18-20(9-16(15)24)31(29,30)12-17(25)21(28)26(18)11-13-4-6-14(23)7-5-13/h4-9,17H,10-12,25H2,1-3H3/t17-/m0/s1. The number of fused-ring (bicyclic) bond motifs is 1. The molecule has 0 aliphatic carbocycles. The molecule has 0 fully saturated rings. The Morgan fingerprint density at radius 2 is 1.84 bits per heavy atom. The summed E-state index contributed by atoms with van der Waals surface area (Å²) in [6, 6.07) is 7.31. The Bertz CT molecular complexity index is 1140. The first-order valence-electron chi connectivity index (χ1n) is 9.69. The Kier molecular flexibility index (Phi) is 6.28. The molecule has 1 aliphatic heterocycles. The van der Waals surface area contributed by atoms with Gasteiger partial charge < -0.3 is 10.6 Å². The molecule has 0 unspecified atom stereocenters. The summed E-state index contributed by atoms with van der Waals surface area (Å²) in [6.07, 6.45) is 0.0557. The third-order valence-corrected chi connectivity index (χ3v) is 6.95. The van der Waals surface area contributed by atoms with Gasteiger partial charge in [-0.2, -0.15) is 0 Å². The highest BCUT2D eigenvalue weighted by Gasteiger charge is 2.37. The molecule has 0 saturated carbocycles. The van der Waals surface area contributed by atoms with E-state index >= 15 is 0 Å². The van der Waals surface area contributed by atoms with Crippen LogP contribution in [0.15, 0.2) is 41.3 Å². The Morgan fingerprint density at radius 1 is 1.23 bits per heavy atom. The number of benzene rings is 2. The first-order chi connectivity index (χ1) is 14.3. The second-order valence-corrected chi connectivity index (χ2v) is 11.3. The molecule has 1 amide bonds. The molecule has 166 valence electrons. The number of amides is 1. The summed E-state index contributed by atoms with van der Waals surface area (Å²) in [5.41, 5.74) is 5.83. The molecule has 1 atom stereocenters. The van der Waals surface area contributed by atoms with Crippen LogP contribution in [-0.4, -0.2) is 31.9 Å². The van der Waals surface area contributed by atoms with Crippen molar-refractivity contribution in [3.05, 3.63) is 58.4 Å². The zero-order chi connectivity index (χ0) is 23.1. The van der Waals surface area contributed by atoms with Gasteiger partial charge in [-0.3, -0.25) is 9.59 Å². The average molecular weight is 467 g/mol. The van der Waals surface area contributed by atoms with Crippen molar-refractivity contribution in [3.63, 3.8) is 0 Å². The molecule has 0 bridgehead atoms. The number of carbonyl (C=O) groups is 2. The van der Waals surface area contributed by atoms with E-state index in [4.69, 9.17) is 17.3 Å². The Hall–Kier alpha value is -2.29. The monoisotopic (exact) mass is 466 g/mol. The molecule has 1 aliphatic rings. The SMILES string of the molecule is CC(C)(C)CC(=O)c1cc2c(cc1F)S(=O)(=O)C[C@H](N)C(=O)N2Cc1ccc(Cl)cc1. The summed E-state index contributed by atoms with van der Waals surface area (Å²) in [7, 11) is -4.05. The molecule has 2 N–H and O–H groups in total. The van der Waals surface area contributed by atoms with Gasteiger partial charge in [-0.05, 0) is 35.2 Å². The maximum Gasteiger partial charge on any atom is 0.245 e. The van der Waals surface area contributed by atoms with Gasteiger partial charge >= 0.3 is 0 Å². The van der Waals surface area contributed by atoms with Gasteiger partial charge in [0.15, 0.2) is 15.6 Å². The average Bonchev–Trinajstić information content (AvgIpc) is 2.70. The van der Waals surface area contributed by atoms with E-state index in [9.17, 15) is 22.4 Å². The Balaban J connectivity index is 2.18. The van der Waals surface area contributed by atoms with E-state index in [0.717, 1.165) is 12.1 Å². The number of nitrogens with zero attached hydrogens (tertiary/aromatic N) is 1. The second kappa shape index (κ2) is 8.33. The highest BCUT2D eigenvalue weighted by atomic mass is 35.5. The lowest BCUT2D eigenvalue weighted by Crippen LogP contribution is -2.45. The normalized spacial score (nSPS) is 18.5. The van der Waals surface area contributed by atoms with Gasteiger partial charge in [0.1, 0.15) is 5.82 Å². The minimum Gasteiger partial charge on any atom is -0.319 e. The van der Waals surface area contributed by atoms with E-state index < -0.39 is 44.6 Å². The van der Waals surface area contributed by atoms with Crippen LogP contribution in [0.2, 0.25) is 5.02 Å². The topological polar surface area (TPSA) is 97.5 Å². The number of Topliss-reactive ketones (excluding diaryl/α,β-unsaturated/α-hetero) is 1. The van der Waals surface area contributed by atoms with E-state index in [1.807, 2.05) is 20.8 Å². The fourth-order valence-electron chi connectivity index (χ4n) is 3.45. The van der Waals surface area contributed by atoms with Crippen LogP contribution in [0.5, 0.6) is 0 Å². The van der Waals surface area contributed by atoms with Crippen LogP contribution in [0.3, 0.4) is 0 Å². The van der Waals surface area contributed by atoms with Crippen molar-refractivity contribution in [2.45, 2.75) is 44.7 Å². The maximum atomic E-state index is 14.8. The number of anilines is 1. The first-order valence-corrected chi connectivity index (χ1v) is 11.7. The lowest BCUT2D eigenvalue weighted by atomic mass is 9.87. The number of ketones is 1. The van der Waals surface area contributed by atoms with Crippen LogP contribution >= 0.6 is 11.6 Å². The molecule has 3 rings (SSSR count). The lowest BCUT2D eigenvalue weighted by Gasteiger charge is -2.25. The molecule has 2 aromatic rings. The fourth-order valence-corrected chi connectivity index (χ4v) is 5.14. The van der Waals surface area contributed by atoms with Gasteiger partial charge in [0.05, 0.1) is 34.5 Å². The van der Waals surface area contributed by atoms with E-state index in [1.165, 1.54) is 4.90 Å². The van der Waals surface area contributed by atoms with Gasteiger partial charge in [0, 0.05) is 11.4 Å². The summed E-state index contributed by atoms with van der Waals surface area (Å²) < 4.78 is 40.5. The molecular formula is C22H24ClFN2O4S. The van der Waals surface area contributed by atoms with E-state index in [1.54, 1.807) is 24.3 Å². The fraction of sp³-hybridized carbons (Fsp3) is 0.364. The summed E-state index contributed by atoms with van der Waals surface area (Å²) in [6.45, 7) is 5.51. The number of hydrogen-bond donors (Lipinski definition) is 1. The van der Waals surface area contributed by atoms with Crippen molar-refractivity contribution in [2.75, 3.05) is 10.7 Å². The highest BCUT2D eigenvalue weighted by molar-refractivity contribution is 7.91. The van der Waals surface area contributed by atoms with Gasteiger partial charge in [0.2, 0.25) is 5.91 Å². The van der Waals surface area contributed by atoms with Crippen LogP contribution in [0.25, 0.3) is 0 Å². The van der Waals surface area contributed by atoms with Gasteiger partial charge in [0.25, 0.3) is 0 Å². The van der Waals surface area contributed by atoms with Crippen molar-refractivity contribution < 1.29 is 22.4 Å². The molecule has 0 spiro atoms. The molecule has 9 heteroatoms. The van der Waals surface area contributed by atoms with Gasteiger partial charge in [-0.25, -0.2) is 12.8 Å². The van der Waals surface area contributed by atoms with E-state index in [0.29, 0.717) is 10.6 Å². The molecule has 6 nitrogen and oxygen atoms in total. The molecule has 31 heavy (non-hydrogen) atoms. The lowest BCUT2D eigenvalue weighted by molar-refractivity contribution is -0.119. The van der Waals surface area contributed by atoms with Crippen LogP contribution in [0, 0.1) is 11.2 Å². The highest BCUT2D eigenvalue weighted by Crippen LogP contribution is 2.35. The Morgan fingerprint density at radius 3 is 2.42 bits per heavy atom. The summed E-state index contributed by atoms with van der Waals surface area (Å²) in [5.74, 6) is -2.69. The number of hydrogen-bond acceptors (Lipinski definition) is 5. The van der Waals surface area contributed by atoms with Crippen molar-refractivity contribution in [3.8, 4) is 0 Å². The van der Waals surface area contributed by atoms with Crippen molar-refractivity contribution in [2.24, 2.45) is 11.1 Å². The summed E-state index contributed by atoms with van der Waals surface area (Å²) >= 11 is 5.92. The van der Waals surface area contributed by atoms with Crippen molar-refractivity contribution in [1.82, 2.24) is 0 Å². The number of sulfone groups is 1. The van der Waals surface area contributed by atoms with Crippen molar-refractivity contribution >= 4 is 38.8 Å². The molecule has 2 aromatic carbocycles. The number of carbonyl (C=O) groups excluding carboxylic acids is 2. The maximum absolute atomic E-state index is 14.8. The minimum absolute atomic E-state index is 0.00917. The number of rotatable bonds is 4. The van der Waals surface area contributed by atoms with Crippen LogP contribution in [-0.2, 0) is 21.2 Å². The Labute approximate surface area is 186 Å². The van der Waals surface area contributed by atoms with Gasteiger partial charge in [-0.1, -0.05) is 44.5 Å². The largest absolute Gasteiger partial charge is 0.319 e. The van der Waals surface area contributed by atoms with Gasteiger partial charge in [-0.15, -0.1) is 0 Å². The number of halogens is 2. The quantitative estimate of drug-likeness (QED) is 0.692. The smallest absolute Gasteiger partial charge is 0.245 e. The molecular weight excluding hydrogens is 443 g/mol. The summed E-state index contributed by atoms with van der Waals surface area (Å²) in [4.78, 5) is 26.6. The second-order valence-electron chi connectivity index (χ2n) is 8.90. The minimum atomic E-state index is -4.05. The van der Waals surface area contributed by atoms with E-state index in [2.05, 4.69) is 0 Å². The molecule has 0 aromatic heterocycles. The van der Waals surface area contributed by atoms with Crippen LogP contribution < -0.4 is 10.6 Å².